The third kappa shape index (κ3) is 2.93. The SMILES string of the molecule is COC(=O)C1=CC=C(C(F)(F)F)C=NC1. The number of carbonyl (C=O) groups excluding carboxylic acids is 1. The second kappa shape index (κ2) is 4.29. The quantitative estimate of drug-likeness (QED) is 0.629. The van der Waals surface area contributed by atoms with E-state index in [4.69, 9.17) is 0 Å². The predicted octanol–water partition coefficient (Wildman–Crippen LogP) is 1.66. The molecular formula is C9H8F3NO2. The minimum absolute atomic E-state index is 0.0907. The molecule has 0 fully saturated rings. The molecular weight excluding hydrogens is 211 g/mol. The number of hydrogen-bond acceptors (Lipinski definition) is 3. The van der Waals surface area contributed by atoms with Gasteiger partial charge in [0.15, 0.2) is 0 Å². The molecule has 1 heterocycles. The van der Waals surface area contributed by atoms with Crippen LogP contribution in [-0.4, -0.2) is 32.0 Å². The molecule has 0 atom stereocenters. The molecule has 0 unspecified atom stereocenters. The predicted molar refractivity (Wildman–Crippen MR) is 47.6 cm³/mol. The van der Waals surface area contributed by atoms with Gasteiger partial charge in [-0.25, -0.2) is 4.79 Å². The average Bonchev–Trinajstić information content (AvgIpc) is 2.40. The first-order valence-electron chi connectivity index (χ1n) is 4.01. The van der Waals surface area contributed by atoms with Crippen molar-refractivity contribution in [1.82, 2.24) is 0 Å². The van der Waals surface area contributed by atoms with Gasteiger partial charge in [0.2, 0.25) is 0 Å². The highest BCUT2D eigenvalue weighted by Crippen LogP contribution is 2.25. The van der Waals surface area contributed by atoms with Crippen molar-refractivity contribution in [2.24, 2.45) is 4.99 Å². The molecule has 0 bridgehead atoms. The summed E-state index contributed by atoms with van der Waals surface area (Å²) in [7, 11) is 1.16. The summed E-state index contributed by atoms with van der Waals surface area (Å²) in [5.41, 5.74) is -0.797. The van der Waals surface area contributed by atoms with Crippen molar-refractivity contribution in [3.63, 3.8) is 0 Å². The second-order valence-corrected chi connectivity index (χ2v) is 2.77. The summed E-state index contributed by atoms with van der Waals surface area (Å²) in [6.45, 7) is -0.108. The zero-order valence-electron chi connectivity index (χ0n) is 7.84. The number of nitrogens with zero attached hydrogens (tertiary/aromatic N) is 1. The summed E-state index contributed by atoms with van der Waals surface area (Å²) in [6, 6.07) is 0. The van der Waals surface area contributed by atoms with E-state index in [2.05, 4.69) is 9.73 Å². The Balaban J connectivity index is 2.95. The Morgan fingerprint density at radius 3 is 2.67 bits per heavy atom. The first-order valence-corrected chi connectivity index (χ1v) is 4.01. The maximum atomic E-state index is 12.2. The van der Waals surface area contributed by atoms with Crippen LogP contribution in [0.3, 0.4) is 0 Å². The van der Waals surface area contributed by atoms with Crippen molar-refractivity contribution >= 4 is 12.2 Å². The maximum absolute atomic E-state index is 12.2. The topological polar surface area (TPSA) is 38.7 Å². The van der Waals surface area contributed by atoms with Crippen molar-refractivity contribution in [2.75, 3.05) is 13.7 Å². The third-order valence-electron chi connectivity index (χ3n) is 1.73. The molecule has 0 aromatic rings. The van der Waals surface area contributed by atoms with Crippen LogP contribution in [0.15, 0.2) is 28.3 Å². The molecule has 1 rings (SSSR count). The minimum atomic E-state index is -4.45. The van der Waals surface area contributed by atoms with E-state index < -0.39 is 17.7 Å². The lowest BCUT2D eigenvalue weighted by atomic mass is 10.2. The van der Waals surface area contributed by atoms with Crippen molar-refractivity contribution in [3.05, 3.63) is 23.3 Å². The molecule has 6 heteroatoms. The van der Waals surface area contributed by atoms with Crippen LogP contribution >= 0.6 is 0 Å². The van der Waals surface area contributed by atoms with Gasteiger partial charge >= 0.3 is 12.1 Å². The minimum Gasteiger partial charge on any atom is -0.466 e. The Hall–Kier alpha value is -1.59. The first kappa shape index (κ1) is 11.5. The molecule has 3 nitrogen and oxygen atoms in total. The highest BCUT2D eigenvalue weighted by molar-refractivity contribution is 5.91. The molecule has 15 heavy (non-hydrogen) atoms. The number of aliphatic imine (C=N–C) groups is 1. The lowest BCUT2D eigenvalue weighted by Crippen LogP contribution is -2.12. The number of methoxy groups -OCH3 is 1. The summed E-state index contributed by atoms with van der Waals surface area (Å²) in [4.78, 5) is 14.5. The smallest absolute Gasteiger partial charge is 0.417 e. The number of halogens is 3. The van der Waals surface area contributed by atoms with Crippen LogP contribution in [0, 0.1) is 0 Å². The van der Waals surface area contributed by atoms with Gasteiger partial charge < -0.3 is 4.74 Å². The van der Waals surface area contributed by atoms with E-state index in [0.717, 1.165) is 19.3 Å². The van der Waals surface area contributed by atoms with Crippen LogP contribution in [-0.2, 0) is 9.53 Å². The Bertz CT molecular complexity index is 353. The number of esters is 1. The zero-order valence-corrected chi connectivity index (χ0v) is 7.84. The van der Waals surface area contributed by atoms with Gasteiger partial charge in [-0.2, -0.15) is 13.2 Å². The fourth-order valence-corrected chi connectivity index (χ4v) is 0.960. The standard InChI is InChI=1S/C9H8F3NO2/c1-15-8(14)6-2-3-7(5-13-4-6)9(10,11)12/h2-3,5H,4H2,1H3. The number of alkyl halides is 3. The van der Waals surface area contributed by atoms with E-state index in [1.54, 1.807) is 0 Å². The van der Waals surface area contributed by atoms with Crippen LogP contribution in [0.4, 0.5) is 13.2 Å². The van der Waals surface area contributed by atoms with Crippen molar-refractivity contribution in [2.45, 2.75) is 6.18 Å². The number of rotatable bonds is 1. The largest absolute Gasteiger partial charge is 0.466 e. The van der Waals surface area contributed by atoms with E-state index in [1.807, 2.05) is 0 Å². The number of hydrogen-bond donors (Lipinski definition) is 0. The highest BCUT2D eigenvalue weighted by atomic mass is 19.4. The van der Waals surface area contributed by atoms with E-state index in [-0.39, 0.29) is 12.1 Å². The summed E-state index contributed by atoms with van der Waals surface area (Å²) in [5, 5.41) is 0. The number of carbonyl (C=O) groups is 1. The maximum Gasteiger partial charge on any atom is 0.417 e. The number of allylic oxidation sites excluding steroid dienone is 3. The molecule has 0 aromatic heterocycles. The molecule has 0 aliphatic carbocycles. The third-order valence-corrected chi connectivity index (χ3v) is 1.73. The molecule has 1 aliphatic heterocycles. The first-order chi connectivity index (χ1) is 6.95. The van der Waals surface area contributed by atoms with Gasteiger partial charge in [0.1, 0.15) is 0 Å². The van der Waals surface area contributed by atoms with Gasteiger partial charge in [-0.1, -0.05) is 0 Å². The van der Waals surface area contributed by atoms with E-state index >= 15 is 0 Å². The van der Waals surface area contributed by atoms with Gasteiger partial charge in [0.05, 0.1) is 24.8 Å². The molecule has 0 N–H and O–H groups in total. The van der Waals surface area contributed by atoms with Gasteiger partial charge in [-0.15, -0.1) is 0 Å². The Morgan fingerprint density at radius 1 is 1.47 bits per heavy atom. The van der Waals surface area contributed by atoms with Crippen LogP contribution in [0.2, 0.25) is 0 Å². The summed E-state index contributed by atoms with van der Waals surface area (Å²) < 4.78 is 41.1. The fourth-order valence-electron chi connectivity index (χ4n) is 0.960. The van der Waals surface area contributed by atoms with Crippen LogP contribution in [0.25, 0.3) is 0 Å². The van der Waals surface area contributed by atoms with Gasteiger partial charge in [0, 0.05) is 6.21 Å². The summed E-state index contributed by atoms with van der Waals surface area (Å²) in [5.74, 6) is -0.674. The summed E-state index contributed by atoms with van der Waals surface area (Å²) in [6.07, 6.45) is -1.87. The summed E-state index contributed by atoms with van der Waals surface area (Å²) >= 11 is 0. The van der Waals surface area contributed by atoms with Gasteiger partial charge in [-0.3, -0.25) is 4.99 Å². The monoisotopic (exact) mass is 219 g/mol. The highest BCUT2D eigenvalue weighted by Gasteiger charge is 2.32. The zero-order chi connectivity index (χ0) is 11.5. The fraction of sp³-hybridized carbons (Fsp3) is 0.333. The molecule has 0 aromatic carbocycles. The van der Waals surface area contributed by atoms with Crippen molar-refractivity contribution in [1.29, 1.82) is 0 Å². The van der Waals surface area contributed by atoms with Crippen molar-refractivity contribution < 1.29 is 22.7 Å². The van der Waals surface area contributed by atoms with Gasteiger partial charge in [0.25, 0.3) is 0 Å². The van der Waals surface area contributed by atoms with E-state index in [9.17, 15) is 18.0 Å². The normalized spacial score (nSPS) is 16.5. The molecule has 1 aliphatic rings. The molecule has 82 valence electrons. The van der Waals surface area contributed by atoms with Gasteiger partial charge in [-0.05, 0) is 12.2 Å². The van der Waals surface area contributed by atoms with Crippen LogP contribution < -0.4 is 0 Å². The lowest BCUT2D eigenvalue weighted by molar-refractivity contribution is -0.136. The van der Waals surface area contributed by atoms with E-state index in [1.165, 1.54) is 0 Å². The molecule has 0 amide bonds. The molecule has 0 radical (unpaired) electrons. The molecule has 0 saturated heterocycles. The Morgan fingerprint density at radius 2 is 2.13 bits per heavy atom. The van der Waals surface area contributed by atoms with E-state index in [0.29, 0.717) is 6.21 Å². The van der Waals surface area contributed by atoms with Crippen molar-refractivity contribution in [3.8, 4) is 0 Å². The average molecular weight is 219 g/mol. The Labute approximate surface area is 83.9 Å². The van der Waals surface area contributed by atoms with Crippen LogP contribution in [0.1, 0.15) is 0 Å². The Kier molecular flexibility index (Phi) is 3.28. The molecule has 0 spiro atoms. The molecule has 0 saturated carbocycles. The lowest BCUT2D eigenvalue weighted by Gasteiger charge is -2.04. The second-order valence-electron chi connectivity index (χ2n) is 2.77. The van der Waals surface area contributed by atoms with Crippen LogP contribution in [0.5, 0.6) is 0 Å². The number of ether oxygens (including phenoxy) is 1.